The second-order valence-corrected chi connectivity index (χ2v) is 4.06. The fourth-order valence-electron chi connectivity index (χ4n) is 1.71. The number of nitrogens with one attached hydrogen (secondary N) is 2. The fourth-order valence-corrected chi connectivity index (χ4v) is 1.71. The third-order valence-corrected chi connectivity index (χ3v) is 2.65. The first-order valence-corrected chi connectivity index (χ1v) is 5.87. The van der Waals surface area contributed by atoms with Gasteiger partial charge < -0.3 is 20.1 Å². The maximum absolute atomic E-state index is 11.4. The van der Waals surface area contributed by atoms with Crippen molar-refractivity contribution in [2.24, 2.45) is 5.92 Å². The summed E-state index contributed by atoms with van der Waals surface area (Å²) in [5, 5.41) is 6.20. The van der Waals surface area contributed by atoms with Crippen molar-refractivity contribution < 1.29 is 14.3 Å². The standard InChI is InChI=1S/C11H22N2O3.ClH/c1-15-5-6-16-9-11(14)13-8-10-3-2-4-12-7-10;/h10,12H,2-9H2,1H3,(H,13,14);1H. The van der Waals surface area contributed by atoms with Crippen LogP contribution in [0.2, 0.25) is 0 Å². The van der Waals surface area contributed by atoms with Gasteiger partial charge in [-0.15, -0.1) is 12.4 Å². The maximum atomic E-state index is 11.4. The summed E-state index contributed by atoms with van der Waals surface area (Å²) < 4.78 is 9.94. The van der Waals surface area contributed by atoms with Crippen LogP contribution in [0.1, 0.15) is 12.8 Å². The molecule has 5 nitrogen and oxygen atoms in total. The van der Waals surface area contributed by atoms with Crippen LogP contribution in [0.4, 0.5) is 0 Å². The quantitative estimate of drug-likeness (QED) is 0.646. The zero-order chi connectivity index (χ0) is 11.6. The van der Waals surface area contributed by atoms with E-state index in [-0.39, 0.29) is 24.9 Å². The van der Waals surface area contributed by atoms with Crippen LogP contribution < -0.4 is 10.6 Å². The summed E-state index contributed by atoms with van der Waals surface area (Å²) in [5.74, 6) is 0.526. The zero-order valence-corrected chi connectivity index (χ0v) is 11.2. The van der Waals surface area contributed by atoms with Crippen LogP contribution in [0.3, 0.4) is 0 Å². The molecule has 1 heterocycles. The molecular formula is C11H23ClN2O3. The number of hydrogen-bond donors (Lipinski definition) is 2. The van der Waals surface area contributed by atoms with E-state index in [9.17, 15) is 4.79 Å². The minimum Gasteiger partial charge on any atom is -0.382 e. The lowest BCUT2D eigenvalue weighted by atomic mass is 10.00. The van der Waals surface area contributed by atoms with E-state index in [2.05, 4.69) is 10.6 Å². The van der Waals surface area contributed by atoms with Crippen molar-refractivity contribution in [2.75, 3.05) is 46.6 Å². The molecule has 1 rings (SSSR count). The van der Waals surface area contributed by atoms with Gasteiger partial charge in [0.2, 0.25) is 5.91 Å². The molecule has 0 bridgehead atoms. The highest BCUT2D eigenvalue weighted by molar-refractivity contribution is 5.85. The van der Waals surface area contributed by atoms with Gasteiger partial charge in [-0.25, -0.2) is 0 Å². The Morgan fingerprint density at radius 2 is 2.29 bits per heavy atom. The third kappa shape index (κ3) is 8.37. The van der Waals surface area contributed by atoms with Crippen LogP contribution in [0.25, 0.3) is 0 Å². The minimum atomic E-state index is -0.0401. The molecule has 1 saturated heterocycles. The van der Waals surface area contributed by atoms with E-state index in [1.165, 1.54) is 12.8 Å². The second kappa shape index (κ2) is 10.8. The van der Waals surface area contributed by atoms with E-state index in [0.29, 0.717) is 19.1 Å². The summed E-state index contributed by atoms with van der Waals surface area (Å²) in [5.41, 5.74) is 0. The van der Waals surface area contributed by atoms with Crippen molar-refractivity contribution in [1.82, 2.24) is 10.6 Å². The largest absolute Gasteiger partial charge is 0.382 e. The van der Waals surface area contributed by atoms with Crippen molar-refractivity contribution in [3.05, 3.63) is 0 Å². The Hall–Kier alpha value is -0.360. The highest BCUT2D eigenvalue weighted by Crippen LogP contribution is 2.07. The molecule has 1 unspecified atom stereocenters. The SMILES string of the molecule is COCCOCC(=O)NCC1CCCNC1.Cl. The van der Waals surface area contributed by atoms with E-state index in [1.54, 1.807) is 7.11 Å². The van der Waals surface area contributed by atoms with Crippen LogP contribution in [0.5, 0.6) is 0 Å². The lowest BCUT2D eigenvalue weighted by Crippen LogP contribution is -2.39. The molecule has 0 spiro atoms. The van der Waals surface area contributed by atoms with Crippen molar-refractivity contribution >= 4 is 18.3 Å². The summed E-state index contributed by atoms with van der Waals surface area (Å²) in [7, 11) is 1.61. The predicted molar refractivity (Wildman–Crippen MR) is 68.5 cm³/mol. The number of rotatable bonds is 7. The topological polar surface area (TPSA) is 59.6 Å². The first-order chi connectivity index (χ1) is 7.83. The second-order valence-electron chi connectivity index (χ2n) is 4.06. The molecule has 1 aliphatic heterocycles. The summed E-state index contributed by atoms with van der Waals surface area (Å²) in [6.07, 6.45) is 2.39. The molecule has 0 saturated carbocycles. The monoisotopic (exact) mass is 266 g/mol. The molecule has 1 fully saturated rings. The van der Waals surface area contributed by atoms with E-state index in [4.69, 9.17) is 9.47 Å². The van der Waals surface area contributed by atoms with Crippen LogP contribution in [0.15, 0.2) is 0 Å². The average molecular weight is 267 g/mol. The summed E-state index contributed by atoms with van der Waals surface area (Å²) in [4.78, 5) is 11.4. The number of piperidine rings is 1. The minimum absolute atomic E-state index is 0. The normalized spacial score (nSPS) is 19.5. The molecule has 0 aromatic carbocycles. The molecule has 102 valence electrons. The molecule has 17 heavy (non-hydrogen) atoms. The Morgan fingerprint density at radius 1 is 1.47 bits per heavy atom. The van der Waals surface area contributed by atoms with Crippen molar-refractivity contribution in [3.8, 4) is 0 Å². The number of ether oxygens (including phenoxy) is 2. The third-order valence-electron chi connectivity index (χ3n) is 2.65. The lowest BCUT2D eigenvalue weighted by molar-refractivity contribution is -0.126. The van der Waals surface area contributed by atoms with Gasteiger partial charge in [-0.05, 0) is 31.8 Å². The Labute approximate surface area is 109 Å². The highest BCUT2D eigenvalue weighted by atomic mass is 35.5. The van der Waals surface area contributed by atoms with Crippen molar-refractivity contribution in [3.63, 3.8) is 0 Å². The molecule has 1 aliphatic rings. The fraction of sp³-hybridized carbons (Fsp3) is 0.909. The lowest BCUT2D eigenvalue weighted by Gasteiger charge is -2.22. The zero-order valence-electron chi connectivity index (χ0n) is 10.4. The predicted octanol–water partition coefficient (Wildman–Crippen LogP) is 0.187. The molecule has 1 amide bonds. The van der Waals surface area contributed by atoms with Gasteiger partial charge in [-0.1, -0.05) is 0 Å². The van der Waals surface area contributed by atoms with E-state index >= 15 is 0 Å². The number of amides is 1. The van der Waals surface area contributed by atoms with E-state index < -0.39 is 0 Å². The molecule has 0 radical (unpaired) electrons. The summed E-state index contributed by atoms with van der Waals surface area (Å²) in [6.45, 7) is 3.98. The highest BCUT2D eigenvalue weighted by Gasteiger charge is 2.13. The Balaban J connectivity index is 0.00000256. The van der Waals surface area contributed by atoms with E-state index in [1.807, 2.05) is 0 Å². The molecule has 0 aromatic rings. The van der Waals surface area contributed by atoms with Crippen LogP contribution in [0, 0.1) is 5.92 Å². The van der Waals surface area contributed by atoms with Gasteiger partial charge in [-0.2, -0.15) is 0 Å². The Morgan fingerprint density at radius 3 is 2.94 bits per heavy atom. The molecule has 1 atom stereocenters. The summed E-state index contributed by atoms with van der Waals surface area (Å²) in [6, 6.07) is 0. The van der Waals surface area contributed by atoms with Crippen LogP contribution >= 0.6 is 12.4 Å². The number of carbonyl (C=O) groups excluding carboxylic acids is 1. The van der Waals surface area contributed by atoms with Gasteiger partial charge in [0.25, 0.3) is 0 Å². The number of hydrogen-bond acceptors (Lipinski definition) is 4. The number of methoxy groups -OCH3 is 1. The Kier molecular flexibility index (Phi) is 10.5. The molecular weight excluding hydrogens is 244 g/mol. The molecule has 2 N–H and O–H groups in total. The van der Waals surface area contributed by atoms with E-state index in [0.717, 1.165) is 19.6 Å². The van der Waals surface area contributed by atoms with Gasteiger partial charge in [0.05, 0.1) is 13.2 Å². The van der Waals surface area contributed by atoms with Gasteiger partial charge in [0, 0.05) is 13.7 Å². The van der Waals surface area contributed by atoms with Gasteiger partial charge >= 0.3 is 0 Å². The van der Waals surface area contributed by atoms with Gasteiger partial charge in [-0.3, -0.25) is 4.79 Å². The van der Waals surface area contributed by atoms with Crippen LogP contribution in [-0.2, 0) is 14.3 Å². The average Bonchev–Trinajstić information content (AvgIpc) is 2.33. The van der Waals surface area contributed by atoms with Gasteiger partial charge in [0.15, 0.2) is 0 Å². The summed E-state index contributed by atoms with van der Waals surface area (Å²) >= 11 is 0. The first kappa shape index (κ1) is 16.6. The maximum Gasteiger partial charge on any atom is 0.246 e. The van der Waals surface area contributed by atoms with Crippen LogP contribution in [-0.4, -0.2) is 52.5 Å². The molecule has 0 aromatic heterocycles. The molecule has 6 heteroatoms. The smallest absolute Gasteiger partial charge is 0.246 e. The number of carbonyl (C=O) groups is 1. The first-order valence-electron chi connectivity index (χ1n) is 5.87. The molecule has 0 aliphatic carbocycles. The van der Waals surface area contributed by atoms with Gasteiger partial charge in [0.1, 0.15) is 6.61 Å². The Bertz CT molecular complexity index is 199. The van der Waals surface area contributed by atoms with Crippen molar-refractivity contribution in [2.45, 2.75) is 12.8 Å². The number of halogens is 1. The van der Waals surface area contributed by atoms with Crippen molar-refractivity contribution in [1.29, 1.82) is 0 Å².